The highest BCUT2D eigenvalue weighted by atomic mass is 32.2. The van der Waals surface area contributed by atoms with E-state index in [-0.39, 0.29) is 22.1 Å². The normalized spacial score (nSPS) is 16.2. The number of hydrogen-bond donors (Lipinski definition) is 1. The largest absolute Gasteiger partial charge is 0.416 e. The second-order valence-corrected chi connectivity index (χ2v) is 9.17. The molecular weight excluding hydrogens is 443 g/mol. The monoisotopic (exact) mass is 467 g/mol. The van der Waals surface area contributed by atoms with Crippen molar-refractivity contribution in [1.82, 2.24) is 0 Å². The van der Waals surface area contributed by atoms with E-state index >= 15 is 0 Å². The molecule has 1 heterocycles. The van der Waals surface area contributed by atoms with E-state index in [1.165, 1.54) is 6.07 Å². The summed E-state index contributed by atoms with van der Waals surface area (Å²) in [6, 6.07) is 8.28. The predicted octanol–water partition coefficient (Wildman–Crippen LogP) is 5.32. The zero-order valence-electron chi connectivity index (χ0n) is 17.9. The summed E-state index contributed by atoms with van der Waals surface area (Å²) in [5.41, 5.74) is -0.149. The summed E-state index contributed by atoms with van der Waals surface area (Å²) in [4.78, 5) is 14.3. The van der Waals surface area contributed by atoms with Crippen molar-refractivity contribution in [2.45, 2.75) is 44.7 Å². The van der Waals surface area contributed by atoms with Gasteiger partial charge in [0.25, 0.3) is 15.9 Å². The van der Waals surface area contributed by atoms with Crippen molar-refractivity contribution in [3.63, 3.8) is 0 Å². The number of anilines is 2. The van der Waals surface area contributed by atoms with E-state index in [9.17, 15) is 26.4 Å². The first-order valence-corrected chi connectivity index (χ1v) is 11.7. The number of fused-ring (bicyclic) bond motifs is 1. The Morgan fingerprint density at radius 1 is 1.12 bits per heavy atom. The van der Waals surface area contributed by atoms with Gasteiger partial charge in [-0.2, -0.15) is 21.6 Å². The maximum Gasteiger partial charge on any atom is 0.416 e. The van der Waals surface area contributed by atoms with Gasteiger partial charge >= 0.3 is 6.18 Å². The first-order chi connectivity index (χ1) is 15.0. The van der Waals surface area contributed by atoms with Crippen molar-refractivity contribution in [3.8, 4) is 0 Å². The van der Waals surface area contributed by atoms with Crippen LogP contribution in [0.5, 0.6) is 0 Å². The van der Waals surface area contributed by atoms with Crippen LogP contribution in [0.2, 0.25) is 0 Å². The number of alkyl halides is 3. The van der Waals surface area contributed by atoms with Crippen molar-refractivity contribution >= 4 is 33.1 Å². The molecule has 0 saturated heterocycles. The molecule has 0 aromatic heterocycles. The SMILES string of the molecule is CCCN1C([C@H](C)CC)=NS(=O)(=O)c2cc(NC(=O)c3ccc(C(F)(F)F)cc3)ccc21. The van der Waals surface area contributed by atoms with E-state index in [0.717, 1.165) is 37.1 Å². The van der Waals surface area contributed by atoms with E-state index in [1.807, 2.05) is 25.7 Å². The highest BCUT2D eigenvalue weighted by molar-refractivity contribution is 7.90. The molecule has 1 atom stereocenters. The molecule has 3 rings (SSSR count). The summed E-state index contributed by atoms with van der Waals surface area (Å²) in [7, 11) is -3.97. The predicted molar refractivity (Wildman–Crippen MR) is 118 cm³/mol. The number of amides is 1. The van der Waals surface area contributed by atoms with Gasteiger partial charge in [0.2, 0.25) is 0 Å². The zero-order valence-corrected chi connectivity index (χ0v) is 18.7. The van der Waals surface area contributed by atoms with Crippen LogP contribution in [0.25, 0.3) is 0 Å². The first kappa shape index (κ1) is 23.8. The Hall–Kier alpha value is -2.88. The number of benzene rings is 2. The number of carbonyl (C=O) groups excluding carboxylic acids is 1. The van der Waals surface area contributed by atoms with Gasteiger partial charge in [0, 0.05) is 23.7 Å². The fourth-order valence-corrected chi connectivity index (χ4v) is 4.72. The average Bonchev–Trinajstić information content (AvgIpc) is 2.74. The van der Waals surface area contributed by atoms with Gasteiger partial charge in [-0.1, -0.05) is 20.8 Å². The van der Waals surface area contributed by atoms with Crippen LogP contribution >= 0.6 is 0 Å². The molecule has 1 aliphatic heterocycles. The number of nitrogens with zero attached hydrogens (tertiary/aromatic N) is 2. The summed E-state index contributed by atoms with van der Waals surface area (Å²) in [6.07, 6.45) is -2.99. The number of rotatable bonds is 6. The van der Waals surface area contributed by atoms with Crippen LogP contribution in [-0.4, -0.2) is 26.7 Å². The lowest BCUT2D eigenvalue weighted by atomic mass is 10.1. The second kappa shape index (κ2) is 8.93. The van der Waals surface area contributed by atoms with Gasteiger partial charge in [0.15, 0.2) is 0 Å². The Morgan fingerprint density at radius 2 is 1.78 bits per heavy atom. The number of halogens is 3. The van der Waals surface area contributed by atoms with Gasteiger partial charge in [-0.15, -0.1) is 4.40 Å². The number of amidine groups is 1. The number of sulfonamides is 1. The summed E-state index contributed by atoms with van der Waals surface area (Å²) in [6.45, 7) is 6.44. The van der Waals surface area contributed by atoms with Crippen molar-refractivity contribution in [2.24, 2.45) is 10.3 Å². The van der Waals surface area contributed by atoms with E-state index in [1.54, 1.807) is 12.1 Å². The van der Waals surface area contributed by atoms with E-state index in [2.05, 4.69) is 9.71 Å². The smallest absolute Gasteiger partial charge is 0.328 e. The van der Waals surface area contributed by atoms with Gasteiger partial charge in [-0.3, -0.25) is 4.79 Å². The van der Waals surface area contributed by atoms with Crippen molar-refractivity contribution in [1.29, 1.82) is 0 Å². The van der Waals surface area contributed by atoms with Gasteiger partial charge in [0.05, 0.1) is 11.3 Å². The molecule has 1 amide bonds. The van der Waals surface area contributed by atoms with Crippen LogP contribution in [0, 0.1) is 5.92 Å². The fraction of sp³-hybridized carbons (Fsp3) is 0.364. The molecule has 2 aromatic rings. The summed E-state index contributed by atoms with van der Waals surface area (Å²) in [5, 5.41) is 2.54. The minimum Gasteiger partial charge on any atom is -0.328 e. The standard InChI is InChI=1S/C22H24F3N3O3S/c1-4-12-28-18-11-10-17(13-19(18)32(30,31)27-20(28)14(3)5-2)26-21(29)15-6-8-16(9-7-15)22(23,24)25/h6-11,13-14H,4-5,12H2,1-3H3,(H,26,29)/t14-/m1/s1. The third-order valence-electron chi connectivity index (χ3n) is 5.25. The molecule has 172 valence electrons. The molecule has 6 nitrogen and oxygen atoms in total. The van der Waals surface area contributed by atoms with Crippen LogP contribution < -0.4 is 10.2 Å². The molecule has 0 fully saturated rings. The maximum atomic E-state index is 12.9. The van der Waals surface area contributed by atoms with Gasteiger partial charge in [-0.05, 0) is 55.3 Å². The molecule has 1 N–H and O–H groups in total. The van der Waals surface area contributed by atoms with Crippen LogP contribution in [0.4, 0.5) is 24.5 Å². The highest BCUT2D eigenvalue weighted by Gasteiger charge is 2.33. The Kier molecular flexibility index (Phi) is 6.64. The minimum absolute atomic E-state index is 0.0169. The molecule has 1 aliphatic rings. The van der Waals surface area contributed by atoms with E-state index < -0.39 is 27.7 Å². The van der Waals surface area contributed by atoms with Gasteiger partial charge in [0.1, 0.15) is 10.7 Å². The molecular formula is C22H24F3N3O3S. The lowest BCUT2D eigenvalue weighted by Crippen LogP contribution is -2.40. The van der Waals surface area contributed by atoms with Crippen molar-refractivity contribution in [2.75, 3.05) is 16.8 Å². The molecule has 32 heavy (non-hydrogen) atoms. The Balaban J connectivity index is 1.92. The van der Waals surface area contributed by atoms with Crippen LogP contribution in [-0.2, 0) is 16.2 Å². The molecule has 0 saturated carbocycles. The molecule has 0 bridgehead atoms. The third kappa shape index (κ3) is 4.79. The fourth-order valence-electron chi connectivity index (χ4n) is 3.38. The first-order valence-electron chi connectivity index (χ1n) is 10.2. The molecule has 0 spiro atoms. The zero-order chi connectivity index (χ0) is 23.7. The maximum absolute atomic E-state index is 12.9. The van der Waals surface area contributed by atoms with Crippen molar-refractivity contribution < 1.29 is 26.4 Å². The lowest BCUT2D eigenvalue weighted by molar-refractivity contribution is -0.137. The lowest BCUT2D eigenvalue weighted by Gasteiger charge is -2.33. The number of hydrogen-bond acceptors (Lipinski definition) is 4. The Morgan fingerprint density at radius 3 is 2.34 bits per heavy atom. The second-order valence-electron chi connectivity index (χ2n) is 7.60. The average molecular weight is 468 g/mol. The Labute approximate surface area is 185 Å². The van der Waals surface area contributed by atoms with E-state index in [4.69, 9.17) is 0 Å². The van der Waals surface area contributed by atoms with Crippen LogP contribution in [0.15, 0.2) is 51.8 Å². The molecule has 0 unspecified atom stereocenters. The van der Waals surface area contributed by atoms with Crippen molar-refractivity contribution in [3.05, 3.63) is 53.6 Å². The molecule has 10 heteroatoms. The van der Waals surface area contributed by atoms with Crippen LogP contribution in [0.1, 0.15) is 49.5 Å². The summed E-state index contributed by atoms with van der Waals surface area (Å²) in [5.74, 6) is -0.215. The van der Waals surface area contributed by atoms with Crippen LogP contribution in [0.3, 0.4) is 0 Å². The van der Waals surface area contributed by atoms with E-state index in [0.29, 0.717) is 18.1 Å². The minimum atomic E-state index is -4.50. The molecule has 0 radical (unpaired) electrons. The Bertz CT molecular complexity index is 1140. The topological polar surface area (TPSA) is 78.8 Å². The molecule has 2 aromatic carbocycles. The number of nitrogens with one attached hydrogen (secondary N) is 1. The van der Waals surface area contributed by atoms with Gasteiger partial charge < -0.3 is 10.2 Å². The third-order valence-corrected chi connectivity index (χ3v) is 6.56. The van der Waals surface area contributed by atoms with Gasteiger partial charge in [-0.25, -0.2) is 0 Å². The highest BCUT2D eigenvalue weighted by Crippen LogP contribution is 2.36. The summed E-state index contributed by atoms with van der Waals surface area (Å²) < 4.78 is 67.9. The summed E-state index contributed by atoms with van der Waals surface area (Å²) >= 11 is 0. The molecule has 0 aliphatic carbocycles. The number of carbonyl (C=O) groups is 1. The quantitative estimate of drug-likeness (QED) is 0.624.